The Bertz CT molecular complexity index is 313. The second-order valence-electron chi connectivity index (χ2n) is 5.35. The van der Waals surface area contributed by atoms with Gasteiger partial charge in [-0.2, -0.15) is 0 Å². The summed E-state index contributed by atoms with van der Waals surface area (Å²) >= 11 is 0. The van der Waals surface area contributed by atoms with Crippen LogP contribution in [0.25, 0.3) is 0 Å². The molecule has 0 aromatic rings. The predicted octanol–water partition coefficient (Wildman–Crippen LogP) is 0.795. The van der Waals surface area contributed by atoms with Crippen molar-refractivity contribution in [1.29, 1.82) is 0 Å². The van der Waals surface area contributed by atoms with Crippen LogP contribution in [0, 0.1) is 5.92 Å². The van der Waals surface area contributed by atoms with Gasteiger partial charge in [0.15, 0.2) is 0 Å². The highest BCUT2D eigenvalue weighted by atomic mass is 16.4. The fraction of sp³-hybridized carbons (Fsp3) is 0.846. The highest BCUT2D eigenvalue weighted by Gasteiger charge is 2.30. The lowest BCUT2D eigenvalue weighted by Crippen LogP contribution is -2.47. The molecule has 1 unspecified atom stereocenters. The number of aliphatic carboxylic acids is 1. The number of carbonyl (C=O) groups excluding carboxylic acids is 1. The number of likely N-dealkylation sites (tertiary alicyclic amines) is 2. The van der Waals surface area contributed by atoms with E-state index in [1.807, 2.05) is 9.80 Å². The van der Waals surface area contributed by atoms with E-state index in [1.165, 1.54) is 6.42 Å². The molecular weight excluding hydrogens is 232 g/mol. The average Bonchev–Trinajstić information content (AvgIpc) is 2.38. The normalized spacial score (nSPS) is 26.0. The molecule has 2 heterocycles. The van der Waals surface area contributed by atoms with Gasteiger partial charge in [-0.1, -0.05) is 0 Å². The van der Waals surface area contributed by atoms with E-state index in [0.717, 1.165) is 45.3 Å². The Hall–Kier alpha value is -1.10. The topological polar surface area (TPSA) is 60.9 Å². The molecule has 1 atom stereocenters. The summed E-state index contributed by atoms with van der Waals surface area (Å²) in [6.45, 7) is 3.24. The Balaban J connectivity index is 1.87. The first kappa shape index (κ1) is 13.3. The summed E-state index contributed by atoms with van der Waals surface area (Å²) in [6.07, 6.45) is 5.27. The number of hydrogen-bond acceptors (Lipinski definition) is 3. The first-order valence-electron chi connectivity index (χ1n) is 6.90. The van der Waals surface area contributed by atoms with E-state index < -0.39 is 5.97 Å². The molecule has 102 valence electrons. The van der Waals surface area contributed by atoms with Crippen LogP contribution in [0.1, 0.15) is 32.1 Å². The maximum Gasteiger partial charge on any atom is 0.317 e. The van der Waals surface area contributed by atoms with E-state index in [9.17, 15) is 9.59 Å². The van der Waals surface area contributed by atoms with E-state index in [0.29, 0.717) is 6.54 Å². The van der Waals surface area contributed by atoms with Crippen LogP contribution in [0.5, 0.6) is 0 Å². The summed E-state index contributed by atoms with van der Waals surface area (Å²) in [5.74, 6) is -0.554. The lowest BCUT2D eigenvalue weighted by molar-refractivity contribution is -0.142. The second-order valence-corrected chi connectivity index (χ2v) is 5.35. The molecule has 0 aromatic heterocycles. The summed E-state index contributed by atoms with van der Waals surface area (Å²) in [5, 5.41) is 8.80. The smallest absolute Gasteiger partial charge is 0.317 e. The van der Waals surface area contributed by atoms with Crippen molar-refractivity contribution in [3.05, 3.63) is 0 Å². The average molecular weight is 254 g/mol. The van der Waals surface area contributed by atoms with E-state index in [1.54, 1.807) is 0 Å². The fourth-order valence-corrected chi connectivity index (χ4v) is 2.96. The summed E-state index contributed by atoms with van der Waals surface area (Å²) in [5.41, 5.74) is 0. The fourth-order valence-electron chi connectivity index (χ4n) is 2.96. The molecular formula is C13H22N2O3. The molecule has 2 saturated heterocycles. The van der Waals surface area contributed by atoms with E-state index in [2.05, 4.69) is 0 Å². The number of rotatable bonds is 3. The standard InChI is InChI=1S/C13H22N2O3/c16-12(17)10-14-6-4-5-11(9-14)13(18)15-7-2-1-3-8-15/h11H,1-10H2,(H,16,17). The highest BCUT2D eigenvalue weighted by Crippen LogP contribution is 2.20. The van der Waals surface area contributed by atoms with Crippen LogP contribution in [0.4, 0.5) is 0 Å². The van der Waals surface area contributed by atoms with Gasteiger partial charge >= 0.3 is 5.97 Å². The van der Waals surface area contributed by atoms with Crippen LogP contribution in [-0.4, -0.2) is 59.5 Å². The van der Waals surface area contributed by atoms with Gasteiger partial charge in [0.2, 0.25) is 5.91 Å². The molecule has 2 fully saturated rings. The molecule has 2 rings (SSSR count). The van der Waals surface area contributed by atoms with Gasteiger partial charge in [-0.05, 0) is 38.6 Å². The molecule has 1 N–H and O–H groups in total. The number of piperidine rings is 2. The van der Waals surface area contributed by atoms with Crippen molar-refractivity contribution in [3.63, 3.8) is 0 Å². The van der Waals surface area contributed by atoms with Crippen LogP contribution in [0.15, 0.2) is 0 Å². The third kappa shape index (κ3) is 3.45. The molecule has 0 saturated carbocycles. The van der Waals surface area contributed by atoms with Crippen molar-refractivity contribution in [3.8, 4) is 0 Å². The van der Waals surface area contributed by atoms with Gasteiger partial charge < -0.3 is 10.0 Å². The number of carbonyl (C=O) groups is 2. The third-order valence-corrected chi connectivity index (χ3v) is 3.88. The van der Waals surface area contributed by atoms with Crippen molar-refractivity contribution in [1.82, 2.24) is 9.80 Å². The van der Waals surface area contributed by atoms with Crippen molar-refractivity contribution in [2.75, 3.05) is 32.7 Å². The van der Waals surface area contributed by atoms with Crippen molar-refractivity contribution in [2.24, 2.45) is 5.92 Å². The lowest BCUT2D eigenvalue weighted by Gasteiger charge is -2.35. The van der Waals surface area contributed by atoms with Crippen molar-refractivity contribution >= 4 is 11.9 Å². The number of nitrogens with zero attached hydrogens (tertiary/aromatic N) is 2. The van der Waals surface area contributed by atoms with Gasteiger partial charge in [-0.25, -0.2) is 0 Å². The predicted molar refractivity (Wildman–Crippen MR) is 67.2 cm³/mol. The Kier molecular flexibility index (Phi) is 4.58. The number of carboxylic acids is 1. The van der Waals surface area contributed by atoms with Gasteiger partial charge in [-0.15, -0.1) is 0 Å². The molecule has 0 bridgehead atoms. The van der Waals surface area contributed by atoms with Crippen molar-refractivity contribution in [2.45, 2.75) is 32.1 Å². The minimum absolute atomic E-state index is 0.0104. The maximum atomic E-state index is 12.3. The third-order valence-electron chi connectivity index (χ3n) is 3.88. The van der Waals surface area contributed by atoms with Crippen LogP contribution in [-0.2, 0) is 9.59 Å². The Labute approximate surface area is 108 Å². The van der Waals surface area contributed by atoms with Crippen LogP contribution in [0.2, 0.25) is 0 Å². The molecule has 0 aliphatic carbocycles. The van der Waals surface area contributed by atoms with Crippen LogP contribution < -0.4 is 0 Å². The Morgan fingerprint density at radius 3 is 2.44 bits per heavy atom. The van der Waals surface area contributed by atoms with Gasteiger partial charge in [0.05, 0.1) is 12.5 Å². The number of amides is 1. The largest absolute Gasteiger partial charge is 0.480 e. The van der Waals surface area contributed by atoms with Crippen molar-refractivity contribution < 1.29 is 14.7 Å². The molecule has 18 heavy (non-hydrogen) atoms. The molecule has 1 amide bonds. The summed E-state index contributed by atoms with van der Waals surface area (Å²) in [6, 6.07) is 0. The van der Waals surface area contributed by atoms with Crippen LogP contribution in [0.3, 0.4) is 0 Å². The van der Waals surface area contributed by atoms with E-state index in [4.69, 9.17) is 5.11 Å². The molecule has 5 nitrogen and oxygen atoms in total. The maximum absolute atomic E-state index is 12.3. The zero-order valence-electron chi connectivity index (χ0n) is 10.8. The molecule has 5 heteroatoms. The molecule has 0 aromatic carbocycles. The van der Waals surface area contributed by atoms with E-state index >= 15 is 0 Å². The van der Waals surface area contributed by atoms with Gasteiger partial charge in [0.1, 0.15) is 0 Å². The van der Waals surface area contributed by atoms with Gasteiger partial charge in [-0.3, -0.25) is 14.5 Å². The second kappa shape index (κ2) is 6.18. The molecule has 2 aliphatic heterocycles. The summed E-state index contributed by atoms with van der Waals surface area (Å²) in [7, 11) is 0. The zero-order valence-corrected chi connectivity index (χ0v) is 10.8. The highest BCUT2D eigenvalue weighted by molar-refractivity contribution is 5.79. The van der Waals surface area contributed by atoms with Crippen LogP contribution >= 0.6 is 0 Å². The van der Waals surface area contributed by atoms with E-state index in [-0.39, 0.29) is 18.4 Å². The number of carboxylic acid groups (broad SMARTS) is 1. The monoisotopic (exact) mass is 254 g/mol. The number of hydrogen-bond donors (Lipinski definition) is 1. The first-order chi connectivity index (χ1) is 8.66. The summed E-state index contributed by atoms with van der Waals surface area (Å²) < 4.78 is 0. The molecule has 0 spiro atoms. The Morgan fingerprint density at radius 2 is 1.78 bits per heavy atom. The SMILES string of the molecule is O=C(O)CN1CCCC(C(=O)N2CCCCC2)C1. The lowest BCUT2D eigenvalue weighted by atomic mass is 9.95. The van der Waals surface area contributed by atoms with Gasteiger partial charge in [0.25, 0.3) is 0 Å². The quantitative estimate of drug-likeness (QED) is 0.809. The first-order valence-corrected chi connectivity index (χ1v) is 6.90. The Morgan fingerprint density at radius 1 is 1.06 bits per heavy atom. The minimum atomic E-state index is -0.805. The minimum Gasteiger partial charge on any atom is -0.480 e. The zero-order chi connectivity index (χ0) is 13.0. The molecule has 2 aliphatic rings. The summed E-state index contributed by atoms with van der Waals surface area (Å²) in [4.78, 5) is 26.9. The molecule has 0 radical (unpaired) electrons. The van der Waals surface area contributed by atoms with Gasteiger partial charge in [0, 0.05) is 19.6 Å².